The van der Waals surface area contributed by atoms with Crippen LogP contribution in [0.1, 0.15) is 24.5 Å². The standard InChI is InChI=1S/C20H16N4O2S/c1-2-15(25-14-9-4-3-5-10-14)19-23-24-18(21-22-20(24)27-19)17-12-13-8-6-7-11-16(13)26-17/h3-12,15H,2H2,1H3. The normalized spacial score (nSPS) is 12.6. The first-order valence-corrected chi connectivity index (χ1v) is 9.56. The minimum atomic E-state index is -0.136. The summed E-state index contributed by atoms with van der Waals surface area (Å²) < 4.78 is 13.8. The van der Waals surface area contributed by atoms with Crippen LogP contribution in [-0.4, -0.2) is 19.8 Å². The minimum Gasteiger partial charge on any atom is -0.483 e. The maximum Gasteiger partial charge on any atom is 0.235 e. The third kappa shape index (κ3) is 2.86. The maximum absolute atomic E-state index is 6.11. The molecule has 0 saturated carbocycles. The molecule has 0 N–H and O–H groups in total. The molecule has 1 atom stereocenters. The van der Waals surface area contributed by atoms with Gasteiger partial charge in [-0.3, -0.25) is 0 Å². The smallest absolute Gasteiger partial charge is 0.235 e. The highest BCUT2D eigenvalue weighted by Crippen LogP contribution is 2.31. The molecule has 5 aromatic rings. The second kappa shape index (κ2) is 6.51. The zero-order valence-electron chi connectivity index (χ0n) is 14.6. The van der Waals surface area contributed by atoms with Gasteiger partial charge in [0.1, 0.15) is 11.3 Å². The molecule has 3 aromatic heterocycles. The molecule has 1 unspecified atom stereocenters. The van der Waals surface area contributed by atoms with Gasteiger partial charge in [-0.2, -0.15) is 9.61 Å². The quantitative estimate of drug-likeness (QED) is 0.425. The van der Waals surface area contributed by atoms with Gasteiger partial charge in [-0.25, -0.2) is 0 Å². The Morgan fingerprint density at radius 3 is 2.70 bits per heavy atom. The molecule has 0 fully saturated rings. The van der Waals surface area contributed by atoms with Crippen molar-refractivity contribution in [3.05, 3.63) is 65.7 Å². The molecule has 0 saturated heterocycles. The second-order valence-electron chi connectivity index (χ2n) is 6.13. The first-order valence-electron chi connectivity index (χ1n) is 8.74. The Balaban J connectivity index is 1.52. The van der Waals surface area contributed by atoms with Gasteiger partial charge in [0.25, 0.3) is 0 Å². The van der Waals surface area contributed by atoms with E-state index in [1.54, 1.807) is 4.52 Å². The van der Waals surface area contributed by atoms with Crippen LogP contribution in [-0.2, 0) is 0 Å². The molecule has 7 heteroatoms. The van der Waals surface area contributed by atoms with Crippen LogP contribution >= 0.6 is 11.3 Å². The number of aromatic nitrogens is 4. The number of fused-ring (bicyclic) bond motifs is 2. The molecule has 0 aliphatic rings. The summed E-state index contributed by atoms with van der Waals surface area (Å²) in [5.41, 5.74) is 0.818. The minimum absolute atomic E-state index is 0.136. The third-order valence-electron chi connectivity index (χ3n) is 4.32. The van der Waals surface area contributed by atoms with Crippen LogP contribution in [0.15, 0.2) is 65.1 Å². The summed E-state index contributed by atoms with van der Waals surface area (Å²) in [6.07, 6.45) is 0.668. The Morgan fingerprint density at radius 2 is 1.89 bits per heavy atom. The number of furan rings is 1. The SMILES string of the molecule is CCC(Oc1ccccc1)c1nn2c(-c3cc4ccccc4o3)nnc2s1. The summed E-state index contributed by atoms with van der Waals surface area (Å²) in [5, 5.41) is 15.1. The van der Waals surface area contributed by atoms with Crippen LogP contribution in [0, 0.1) is 0 Å². The van der Waals surface area contributed by atoms with E-state index in [9.17, 15) is 0 Å². The molecule has 0 spiro atoms. The van der Waals surface area contributed by atoms with Crippen LogP contribution < -0.4 is 4.74 Å². The number of benzene rings is 2. The van der Waals surface area contributed by atoms with E-state index >= 15 is 0 Å². The first-order chi connectivity index (χ1) is 13.3. The summed E-state index contributed by atoms with van der Waals surface area (Å²) in [7, 11) is 0. The predicted molar refractivity (Wildman–Crippen MR) is 104 cm³/mol. The van der Waals surface area contributed by atoms with Gasteiger partial charge < -0.3 is 9.15 Å². The van der Waals surface area contributed by atoms with Gasteiger partial charge in [-0.15, -0.1) is 10.2 Å². The highest BCUT2D eigenvalue weighted by atomic mass is 32.1. The van der Waals surface area contributed by atoms with E-state index < -0.39 is 0 Å². The van der Waals surface area contributed by atoms with Crippen molar-refractivity contribution in [2.45, 2.75) is 19.4 Å². The lowest BCUT2D eigenvalue weighted by Crippen LogP contribution is -2.07. The fourth-order valence-corrected chi connectivity index (χ4v) is 3.93. The van der Waals surface area contributed by atoms with Crippen LogP contribution in [0.4, 0.5) is 0 Å². The maximum atomic E-state index is 6.11. The van der Waals surface area contributed by atoms with Gasteiger partial charge in [0.15, 0.2) is 16.9 Å². The summed E-state index contributed by atoms with van der Waals surface area (Å²) in [6, 6.07) is 19.6. The average molecular weight is 376 g/mol. The van der Waals surface area contributed by atoms with Gasteiger partial charge in [0.05, 0.1) is 0 Å². The molecule has 6 nitrogen and oxygen atoms in total. The van der Waals surface area contributed by atoms with Gasteiger partial charge in [0, 0.05) is 5.39 Å². The highest BCUT2D eigenvalue weighted by Gasteiger charge is 2.21. The summed E-state index contributed by atoms with van der Waals surface area (Å²) in [4.78, 5) is 0.718. The molecule has 2 aromatic carbocycles. The Bertz CT molecular complexity index is 1180. The monoisotopic (exact) mass is 376 g/mol. The lowest BCUT2D eigenvalue weighted by atomic mass is 10.2. The van der Waals surface area contributed by atoms with Crippen LogP contribution in [0.2, 0.25) is 0 Å². The van der Waals surface area contributed by atoms with Crippen molar-refractivity contribution in [1.29, 1.82) is 0 Å². The van der Waals surface area contributed by atoms with Gasteiger partial charge >= 0.3 is 0 Å². The molecule has 3 heterocycles. The zero-order chi connectivity index (χ0) is 18.2. The van der Waals surface area contributed by atoms with Crippen LogP contribution in [0.5, 0.6) is 5.75 Å². The summed E-state index contributed by atoms with van der Waals surface area (Å²) in [5.74, 6) is 2.07. The van der Waals surface area contributed by atoms with E-state index in [4.69, 9.17) is 14.3 Å². The van der Waals surface area contributed by atoms with E-state index in [-0.39, 0.29) is 6.10 Å². The van der Waals surface area contributed by atoms with E-state index in [1.165, 1.54) is 11.3 Å². The van der Waals surface area contributed by atoms with Crippen molar-refractivity contribution >= 4 is 27.3 Å². The molecule has 0 bridgehead atoms. The molecule has 134 valence electrons. The fraction of sp³-hybridized carbons (Fsp3) is 0.150. The molecular weight excluding hydrogens is 360 g/mol. The van der Waals surface area contributed by atoms with Crippen LogP contribution in [0.25, 0.3) is 27.5 Å². The van der Waals surface area contributed by atoms with Gasteiger partial charge in [-0.1, -0.05) is 54.7 Å². The molecule has 27 heavy (non-hydrogen) atoms. The number of rotatable bonds is 5. The topological polar surface area (TPSA) is 65.5 Å². The summed E-state index contributed by atoms with van der Waals surface area (Å²) in [6.45, 7) is 2.08. The number of ether oxygens (including phenoxy) is 1. The molecule has 0 aliphatic heterocycles. The largest absolute Gasteiger partial charge is 0.483 e. The molecule has 0 amide bonds. The van der Waals surface area contributed by atoms with Crippen molar-refractivity contribution in [1.82, 2.24) is 19.8 Å². The first kappa shape index (κ1) is 16.0. The Labute approximate surface area is 159 Å². The lowest BCUT2D eigenvalue weighted by Gasteiger charge is -2.14. The van der Waals surface area contributed by atoms with Crippen molar-refractivity contribution in [3.8, 4) is 17.3 Å². The Hall–Kier alpha value is -3.19. The van der Waals surface area contributed by atoms with Crippen LogP contribution in [0.3, 0.4) is 0 Å². The summed E-state index contributed by atoms with van der Waals surface area (Å²) >= 11 is 1.48. The number of nitrogens with zero attached hydrogens (tertiary/aromatic N) is 4. The molecule has 0 radical (unpaired) electrons. The van der Waals surface area contributed by atoms with E-state index in [1.807, 2.05) is 60.7 Å². The van der Waals surface area contributed by atoms with Crippen molar-refractivity contribution in [3.63, 3.8) is 0 Å². The predicted octanol–water partition coefficient (Wildman–Crippen LogP) is 5.13. The number of hydrogen-bond donors (Lipinski definition) is 0. The number of para-hydroxylation sites is 2. The fourth-order valence-electron chi connectivity index (χ4n) is 2.98. The van der Waals surface area contributed by atoms with Crippen molar-refractivity contribution < 1.29 is 9.15 Å². The third-order valence-corrected chi connectivity index (χ3v) is 5.31. The average Bonchev–Trinajstić information content (AvgIpc) is 3.40. The van der Waals surface area contributed by atoms with E-state index in [0.29, 0.717) is 11.6 Å². The van der Waals surface area contributed by atoms with E-state index in [2.05, 4.69) is 17.1 Å². The Kier molecular flexibility index (Phi) is 3.86. The van der Waals surface area contributed by atoms with Crippen molar-refractivity contribution in [2.75, 3.05) is 0 Å². The zero-order valence-corrected chi connectivity index (χ0v) is 15.4. The van der Waals surface area contributed by atoms with Crippen molar-refractivity contribution in [2.24, 2.45) is 0 Å². The second-order valence-corrected chi connectivity index (χ2v) is 7.12. The Morgan fingerprint density at radius 1 is 1.07 bits per heavy atom. The number of hydrogen-bond acceptors (Lipinski definition) is 6. The molecule has 0 aliphatic carbocycles. The molecule has 5 rings (SSSR count). The van der Waals surface area contributed by atoms with Gasteiger partial charge in [-0.05, 0) is 30.7 Å². The van der Waals surface area contributed by atoms with E-state index in [0.717, 1.165) is 33.1 Å². The molecular formula is C20H16N4O2S. The highest BCUT2D eigenvalue weighted by molar-refractivity contribution is 7.16. The lowest BCUT2D eigenvalue weighted by molar-refractivity contribution is 0.199. The van der Waals surface area contributed by atoms with Gasteiger partial charge in [0.2, 0.25) is 10.8 Å².